The Bertz CT molecular complexity index is 575. The Morgan fingerprint density at radius 2 is 1.86 bits per heavy atom. The van der Waals surface area contributed by atoms with Gasteiger partial charge in [0.15, 0.2) is 0 Å². The molecule has 1 N–H and O–H groups in total. The minimum Gasteiger partial charge on any atom is -0.435 e. The summed E-state index contributed by atoms with van der Waals surface area (Å²) in [4.78, 5) is 0. The summed E-state index contributed by atoms with van der Waals surface area (Å²) >= 11 is 2.26. The predicted molar refractivity (Wildman–Crippen MR) is 87.7 cm³/mol. The van der Waals surface area contributed by atoms with Gasteiger partial charge in [-0.3, -0.25) is 0 Å². The third-order valence-electron chi connectivity index (χ3n) is 3.19. The average molecular weight is 403 g/mol. The van der Waals surface area contributed by atoms with Gasteiger partial charge in [-0.05, 0) is 71.5 Å². The van der Waals surface area contributed by atoms with Crippen LogP contribution in [0.1, 0.15) is 17.2 Å². The van der Waals surface area contributed by atoms with E-state index >= 15 is 0 Å². The van der Waals surface area contributed by atoms with Crippen molar-refractivity contribution in [2.45, 2.75) is 19.1 Å². The number of ether oxygens (including phenoxy) is 1. The minimum atomic E-state index is -2.80. The number of rotatable bonds is 6. The largest absolute Gasteiger partial charge is 0.435 e. The zero-order valence-electron chi connectivity index (χ0n) is 11.5. The molecule has 0 fully saturated rings. The lowest BCUT2D eigenvalue weighted by molar-refractivity contribution is -0.0499. The van der Waals surface area contributed by atoms with E-state index in [0.29, 0.717) is 0 Å². The van der Waals surface area contributed by atoms with E-state index in [9.17, 15) is 8.78 Å². The molecular formula is C16H16F2INO. The maximum Gasteiger partial charge on any atom is 0.387 e. The first kappa shape index (κ1) is 16.2. The van der Waals surface area contributed by atoms with Crippen LogP contribution in [-0.4, -0.2) is 13.7 Å². The summed E-state index contributed by atoms with van der Waals surface area (Å²) in [6.07, 6.45) is 0.783. The molecule has 0 amide bonds. The Kier molecular flexibility index (Phi) is 5.93. The van der Waals surface area contributed by atoms with Gasteiger partial charge in [0.1, 0.15) is 5.75 Å². The van der Waals surface area contributed by atoms with Crippen LogP contribution in [0, 0.1) is 3.57 Å². The van der Waals surface area contributed by atoms with Crippen molar-refractivity contribution in [1.82, 2.24) is 5.32 Å². The van der Waals surface area contributed by atoms with Crippen LogP contribution in [0.25, 0.3) is 0 Å². The van der Waals surface area contributed by atoms with Gasteiger partial charge >= 0.3 is 6.61 Å². The number of hydrogen-bond acceptors (Lipinski definition) is 2. The van der Waals surface area contributed by atoms with Gasteiger partial charge < -0.3 is 10.1 Å². The molecule has 21 heavy (non-hydrogen) atoms. The molecule has 0 heterocycles. The number of likely N-dealkylation sites (N-methyl/N-ethyl adjacent to an activating group) is 1. The molecule has 0 aliphatic heterocycles. The average Bonchev–Trinajstić information content (AvgIpc) is 2.46. The first-order valence-corrected chi connectivity index (χ1v) is 7.63. The number of hydrogen-bond donors (Lipinski definition) is 1. The summed E-state index contributed by atoms with van der Waals surface area (Å²) in [5, 5.41) is 3.22. The third-order valence-corrected chi connectivity index (χ3v) is 3.91. The molecule has 0 aliphatic carbocycles. The Labute approximate surface area is 136 Å². The Morgan fingerprint density at radius 3 is 2.48 bits per heavy atom. The fourth-order valence-electron chi connectivity index (χ4n) is 2.15. The monoisotopic (exact) mass is 403 g/mol. The van der Waals surface area contributed by atoms with Crippen molar-refractivity contribution in [3.05, 3.63) is 63.2 Å². The lowest BCUT2D eigenvalue weighted by Gasteiger charge is -2.18. The van der Waals surface area contributed by atoms with Crippen molar-refractivity contribution in [2.24, 2.45) is 0 Å². The molecule has 1 atom stereocenters. The van der Waals surface area contributed by atoms with Crippen LogP contribution < -0.4 is 10.1 Å². The van der Waals surface area contributed by atoms with Gasteiger partial charge in [0.2, 0.25) is 0 Å². The first-order chi connectivity index (χ1) is 10.1. The van der Waals surface area contributed by atoms with E-state index in [1.54, 1.807) is 12.1 Å². The molecule has 2 rings (SSSR count). The molecule has 0 saturated carbocycles. The molecule has 2 aromatic rings. The fraction of sp³-hybridized carbons (Fsp3) is 0.250. The van der Waals surface area contributed by atoms with E-state index in [4.69, 9.17) is 0 Å². The lowest BCUT2D eigenvalue weighted by atomic mass is 9.99. The predicted octanol–water partition coefficient (Wildman–Crippen LogP) is 4.40. The van der Waals surface area contributed by atoms with Crippen molar-refractivity contribution in [3.8, 4) is 5.75 Å². The zero-order valence-corrected chi connectivity index (χ0v) is 13.7. The summed E-state index contributed by atoms with van der Waals surface area (Å²) in [5.74, 6) is 0.186. The van der Waals surface area contributed by atoms with Crippen molar-refractivity contribution in [1.29, 1.82) is 0 Å². The molecule has 0 bridgehead atoms. The number of alkyl halides is 2. The van der Waals surface area contributed by atoms with Gasteiger partial charge in [0, 0.05) is 9.61 Å². The SMILES string of the molecule is CNC(Cc1ccc(I)cc1)c1cccc(OC(F)F)c1. The lowest BCUT2D eigenvalue weighted by Crippen LogP contribution is -2.19. The molecule has 0 aromatic heterocycles. The number of halogens is 3. The fourth-order valence-corrected chi connectivity index (χ4v) is 2.51. The highest BCUT2D eigenvalue weighted by Gasteiger charge is 2.12. The summed E-state index contributed by atoms with van der Waals surface area (Å²) in [5.41, 5.74) is 2.11. The summed E-state index contributed by atoms with van der Waals surface area (Å²) in [6, 6.07) is 15.1. The third kappa shape index (κ3) is 4.93. The van der Waals surface area contributed by atoms with Gasteiger partial charge in [-0.25, -0.2) is 0 Å². The Morgan fingerprint density at radius 1 is 1.14 bits per heavy atom. The molecule has 2 nitrogen and oxygen atoms in total. The number of benzene rings is 2. The topological polar surface area (TPSA) is 21.3 Å². The van der Waals surface area contributed by atoms with Gasteiger partial charge in [0.25, 0.3) is 0 Å². The van der Waals surface area contributed by atoms with E-state index in [-0.39, 0.29) is 11.8 Å². The van der Waals surface area contributed by atoms with Crippen LogP contribution in [0.2, 0.25) is 0 Å². The van der Waals surface area contributed by atoms with Crippen molar-refractivity contribution >= 4 is 22.6 Å². The molecule has 2 aromatic carbocycles. The van der Waals surface area contributed by atoms with E-state index < -0.39 is 6.61 Å². The van der Waals surface area contributed by atoms with Gasteiger partial charge in [-0.2, -0.15) is 8.78 Å². The van der Waals surface area contributed by atoms with Crippen LogP contribution >= 0.6 is 22.6 Å². The van der Waals surface area contributed by atoms with Crippen molar-refractivity contribution < 1.29 is 13.5 Å². The highest BCUT2D eigenvalue weighted by Crippen LogP contribution is 2.23. The second-order valence-electron chi connectivity index (χ2n) is 4.62. The summed E-state index contributed by atoms with van der Waals surface area (Å²) < 4.78 is 30.2. The first-order valence-electron chi connectivity index (χ1n) is 6.55. The van der Waals surface area contributed by atoms with E-state index in [0.717, 1.165) is 12.0 Å². The molecular weight excluding hydrogens is 387 g/mol. The molecule has 0 spiro atoms. The van der Waals surface area contributed by atoms with Crippen LogP contribution in [0.3, 0.4) is 0 Å². The van der Waals surface area contributed by atoms with Gasteiger partial charge in [0.05, 0.1) is 0 Å². The summed E-state index contributed by atoms with van der Waals surface area (Å²) in [7, 11) is 1.86. The van der Waals surface area contributed by atoms with Crippen LogP contribution in [0.15, 0.2) is 48.5 Å². The molecule has 0 aliphatic rings. The molecule has 0 saturated heterocycles. The Balaban J connectivity index is 2.15. The minimum absolute atomic E-state index is 0.0475. The molecule has 112 valence electrons. The van der Waals surface area contributed by atoms with Gasteiger partial charge in [-0.1, -0.05) is 24.3 Å². The standard InChI is InChI=1S/C16H16F2INO/c1-20-15(9-11-5-7-13(19)8-6-11)12-3-2-4-14(10-12)21-16(17)18/h2-8,10,15-16,20H,9H2,1H3. The molecule has 0 radical (unpaired) electrons. The van der Waals surface area contributed by atoms with E-state index in [1.165, 1.54) is 15.2 Å². The Hall–Kier alpha value is -1.21. The van der Waals surface area contributed by atoms with Crippen LogP contribution in [-0.2, 0) is 6.42 Å². The molecule has 1 unspecified atom stereocenters. The highest BCUT2D eigenvalue weighted by molar-refractivity contribution is 14.1. The second kappa shape index (κ2) is 7.70. The highest BCUT2D eigenvalue weighted by atomic mass is 127. The van der Waals surface area contributed by atoms with Gasteiger partial charge in [-0.15, -0.1) is 0 Å². The second-order valence-corrected chi connectivity index (χ2v) is 5.87. The zero-order chi connectivity index (χ0) is 15.2. The van der Waals surface area contributed by atoms with Crippen molar-refractivity contribution in [2.75, 3.05) is 7.05 Å². The smallest absolute Gasteiger partial charge is 0.387 e. The molecule has 5 heteroatoms. The van der Waals surface area contributed by atoms with E-state index in [2.05, 4.69) is 56.9 Å². The van der Waals surface area contributed by atoms with Crippen molar-refractivity contribution in [3.63, 3.8) is 0 Å². The van der Waals surface area contributed by atoms with Crippen LogP contribution in [0.5, 0.6) is 5.75 Å². The number of nitrogens with one attached hydrogen (secondary N) is 1. The summed E-state index contributed by atoms with van der Waals surface area (Å²) in [6.45, 7) is -2.80. The van der Waals surface area contributed by atoms with Crippen LogP contribution in [0.4, 0.5) is 8.78 Å². The van der Waals surface area contributed by atoms with E-state index in [1.807, 2.05) is 13.1 Å². The quantitative estimate of drug-likeness (QED) is 0.723. The maximum absolute atomic E-state index is 12.3. The normalized spacial score (nSPS) is 12.4. The maximum atomic E-state index is 12.3.